The summed E-state index contributed by atoms with van der Waals surface area (Å²) in [7, 11) is -0.417. The van der Waals surface area contributed by atoms with Crippen molar-refractivity contribution < 1.29 is 28.8 Å². The molecule has 0 spiro atoms. The summed E-state index contributed by atoms with van der Waals surface area (Å²) < 4.78 is 23.2. The van der Waals surface area contributed by atoms with Crippen molar-refractivity contribution in [1.82, 2.24) is 0 Å². The maximum absolute atomic E-state index is 10.9. The molecule has 0 radical (unpaired) electrons. The van der Waals surface area contributed by atoms with Gasteiger partial charge in [0.2, 0.25) is 0 Å². The van der Waals surface area contributed by atoms with Crippen molar-refractivity contribution in [3.8, 4) is 5.75 Å². The van der Waals surface area contributed by atoms with E-state index in [9.17, 15) is 10.2 Å². The molecule has 0 aromatic heterocycles. The standard InChI is InChI=1S/C21H36O6Si/c1-20(2,3)28(7,8)25-13-16(22)18-19(27-21(4,5)26-18)17(23)14-9-11-15(24-6)12-10-14/h9-12,16-19,22-23H,13H2,1-8H3/t16-,17+,18-,19+/m1/s1. The molecule has 1 saturated heterocycles. The van der Waals surface area contributed by atoms with E-state index in [1.54, 1.807) is 45.2 Å². The first kappa shape index (κ1) is 23.3. The molecule has 6 nitrogen and oxygen atoms in total. The number of hydrogen-bond acceptors (Lipinski definition) is 6. The van der Waals surface area contributed by atoms with Crippen LogP contribution in [0.1, 0.15) is 46.3 Å². The van der Waals surface area contributed by atoms with Gasteiger partial charge >= 0.3 is 0 Å². The number of hydrogen-bond donors (Lipinski definition) is 2. The van der Waals surface area contributed by atoms with Crippen LogP contribution in [0.4, 0.5) is 0 Å². The Morgan fingerprint density at radius 2 is 1.61 bits per heavy atom. The largest absolute Gasteiger partial charge is 0.497 e. The van der Waals surface area contributed by atoms with Crippen molar-refractivity contribution in [2.75, 3.05) is 13.7 Å². The molecular weight excluding hydrogens is 376 g/mol. The van der Waals surface area contributed by atoms with Crippen LogP contribution in [0, 0.1) is 0 Å². The molecule has 1 aromatic rings. The first-order valence-electron chi connectivity index (χ1n) is 9.77. The van der Waals surface area contributed by atoms with Gasteiger partial charge in [-0.25, -0.2) is 0 Å². The molecular formula is C21H36O6Si. The molecule has 4 atom stereocenters. The van der Waals surface area contributed by atoms with Gasteiger partial charge in [0.1, 0.15) is 30.2 Å². The van der Waals surface area contributed by atoms with Crippen molar-refractivity contribution in [3.63, 3.8) is 0 Å². The molecule has 1 aliphatic heterocycles. The van der Waals surface area contributed by atoms with Crippen LogP contribution in [-0.2, 0) is 13.9 Å². The van der Waals surface area contributed by atoms with Gasteiger partial charge in [-0.3, -0.25) is 0 Å². The maximum atomic E-state index is 10.9. The van der Waals surface area contributed by atoms with Crippen LogP contribution in [0.2, 0.25) is 18.1 Å². The number of ether oxygens (including phenoxy) is 3. The third kappa shape index (κ3) is 5.34. The summed E-state index contributed by atoms with van der Waals surface area (Å²) in [4.78, 5) is 0. The lowest BCUT2D eigenvalue weighted by molar-refractivity contribution is -0.162. The van der Waals surface area contributed by atoms with Gasteiger partial charge in [0.15, 0.2) is 14.1 Å². The summed E-state index contributed by atoms with van der Waals surface area (Å²) in [5.41, 5.74) is 0.676. The van der Waals surface area contributed by atoms with Crippen molar-refractivity contribution in [3.05, 3.63) is 29.8 Å². The van der Waals surface area contributed by atoms with Crippen molar-refractivity contribution in [1.29, 1.82) is 0 Å². The third-order valence-corrected chi connectivity index (χ3v) is 10.2. The Morgan fingerprint density at radius 3 is 2.11 bits per heavy atom. The second-order valence-corrected chi connectivity index (χ2v) is 14.2. The predicted octanol–water partition coefficient (Wildman–Crippen LogP) is 3.63. The van der Waals surface area contributed by atoms with Crippen LogP contribution in [0.25, 0.3) is 0 Å². The Labute approximate surface area is 169 Å². The fraction of sp³-hybridized carbons (Fsp3) is 0.714. The molecule has 1 fully saturated rings. The van der Waals surface area contributed by atoms with Crippen LogP contribution in [0.3, 0.4) is 0 Å². The Hall–Kier alpha value is -0.963. The summed E-state index contributed by atoms with van der Waals surface area (Å²) in [5.74, 6) is -0.194. The van der Waals surface area contributed by atoms with Gasteiger partial charge in [0, 0.05) is 0 Å². The second-order valence-electron chi connectivity index (χ2n) is 9.42. The molecule has 28 heavy (non-hydrogen) atoms. The monoisotopic (exact) mass is 412 g/mol. The Bertz CT molecular complexity index is 637. The minimum atomic E-state index is -2.01. The molecule has 2 rings (SSSR count). The lowest BCUT2D eigenvalue weighted by Gasteiger charge is -2.37. The fourth-order valence-corrected chi connectivity index (χ4v) is 3.98. The van der Waals surface area contributed by atoms with E-state index in [2.05, 4.69) is 33.9 Å². The van der Waals surface area contributed by atoms with E-state index in [1.807, 2.05) is 0 Å². The highest BCUT2D eigenvalue weighted by molar-refractivity contribution is 6.74. The van der Waals surface area contributed by atoms with Gasteiger partial charge in [-0.05, 0) is 49.7 Å². The molecule has 0 aliphatic carbocycles. The zero-order valence-corrected chi connectivity index (χ0v) is 19.4. The fourth-order valence-electron chi connectivity index (χ4n) is 2.95. The average molecular weight is 413 g/mol. The van der Waals surface area contributed by atoms with Crippen LogP contribution in [0.15, 0.2) is 24.3 Å². The normalized spacial score (nSPS) is 24.8. The number of aliphatic hydroxyl groups is 2. The van der Waals surface area contributed by atoms with Gasteiger partial charge in [0.25, 0.3) is 0 Å². The van der Waals surface area contributed by atoms with Crippen LogP contribution < -0.4 is 4.74 Å². The molecule has 0 amide bonds. The van der Waals surface area contributed by atoms with Crippen LogP contribution >= 0.6 is 0 Å². The van der Waals surface area contributed by atoms with E-state index in [0.29, 0.717) is 11.3 Å². The van der Waals surface area contributed by atoms with Gasteiger partial charge in [0.05, 0.1) is 13.7 Å². The Balaban J connectivity index is 2.14. The van der Waals surface area contributed by atoms with E-state index in [1.165, 1.54) is 0 Å². The smallest absolute Gasteiger partial charge is 0.192 e. The molecule has 7 heteroatoms. The van der Waals surface area contributed by atoms with Crippen molar-refractivity contribution in [2.24, 2.45) is 0 Å². The minimum Gasteiger partial charge on any atom is -0.497 e. The summed E-state index contributed by atoms with van der Waals surface area (Å²) in [6.07, 6.45) is -3.26. The molecule has 1 aliphatic rings. The van der Waals surface area contributed by atoms with E-state index in [0.717, 1.165) is 0 Å². The number of rotatable bonds is 7. The molecule has 160 valence electrons. The van der Waals surface area contributed by atoms with Crippen LogP contribution in [0.5, 0.6) is 5.75 Å². The van der Waals surface area contributed by atoms with E-state index in [-0.39, 0.29) is 11.6 Å². The second kappa shape index (κ2) is 8.42. The third-order valence-electron chi connectivity index (χ3n) is 5.73. The molecule has 0 unspecified atom stereocenters. The zero-order chi connectivity index (χ0) is 21.3. The highest BCUT2D eigenvalue weighted by Gasteiger charge is 2.49. The highest BCUT2D eigenvalue weighted by Crippen LogP contribution is 2.39. The first-order valence-corrected chi connectivity index (χ1v) is 12.7. The van der Waals surface area contributed by atoms with Gasteiger partial charge < -0.3 is 28.8 Å². The SMILES string of the molecule is COc1ccc([C@H](O)[C@@H]2OC(C)(C)O[C@@H]2[C@H](O)CO[Si](C)(C)C(C)(C)C)cc1. The molecule has 1 aromatic carbocycles. The van der Waals surface area contributed by atoms with Gasteiger partial charge in [-0.15, -0.1) is 0 Å². The quantitative estimate of drug-likeness (QED) is 0.666. The van der Waals surface area contributed by atoms with Gasteiger partial charge in [-0.2, -0.15) is 0 Å². The Morgan fingerprint density at radius 1 is 1.07 bits per heavy atom. The highest BCUT2D eigenvalue weighted by atomic mass is 28.4. The van der Waals surface area contributed by atoms with Crippen molar-refractivity contribution in [2.45, 2.75) is 83.0 Å². The lowest BCUT2D eigenvalue weighted by Crippen LogP contribution is -2.47. The van der Waals surface area contributed by atoms with Crippen LogP contribution in [-0.4, -0.2) is 56.3 Å². The summed E-state index contributed by atoms with van der Waals surface area (Å²) in [6.45, 7) is 14.4. The molecule has 1 heterocycles. The summed E-state index contributed by atoms with van der Waals surface area (Å²) >= 11 is 0. The number of benzene rings is 1. The molecule has 0 bridgehead atoms. The topological polar surface area (TPSA) is 77.4 Å². The lowest BCUT2D eigenvalue weighted by atomic mass is 9.97. The minimum absolute atomic E-state index is 0.0427. The molecule has 0 saturated carbocycles. The molecule has 2 N–H and O–H groups in total. The number of methoxy groups -OCH3 is 1. The Kier molecular flexibility index (Phi) is 7.01. The summed E-state index contributed by atoms with van der Waals surface area (Å²) in [6, 6.07) is 7.14. The van der Waals surface area contributed by atoms with Gasteiger partial charge in [-0.1, -0.05) is 32.9 Å². The van der Waals surface area contributed by atoms with E-state index in [4.69, 9.17) is 18.6 Å². The predicted molar refractivity (Wildman–Crippen MR) is 111 cm³/mol. The number of aliphatic hydroxyl groups excluding tert-OH is 2. The maximum Gasteiger partial charge on any atom is 0.192 e. The average Bonchev–Trinajstić information content (AvgIpc) is 2.94. The van der Waals surface area contributed by atoms with E-state index >= 15 is 0 Å². The summed E-state index contributed by atoms with van der Waals surface area (Å²) in [5, 5.41) is 21.8. The van der Waals surface area contributed by atoms with E-state index < -0.39 is 38.5 Å². The zero-order valence-electron chi connectivity index (χ0n) is 18.4. The first-order chi connectivity index (χ1) is 12.8. The van der Waals surface area contributed by atoms with Crippen molar-refractivity contribution >= 4 is 8.32 Å².